The van der Waals surface area contributed by atoms with Crippen LogP contribution < -0.4 is 19.7 Å². The number of halogens is 3. The zero-order valence-corrected chi connectivity index (χ0v) is 20.2. The van der Waals surface area contributed by atoms with Crippen molar-refractivity contribution in [2.75, 3.05) is 11.5 Å². The molecule has 0 unspecified atom stereocenters. The predicted octanol–water partition coefficient (Wildman–Crippen LogP) is 6.72. The van der Waals surface area contributed by atoms with Gasteiger partial charge in [0.25, 0.3) is 5.91 Å². The molecule has 0 bridgehead atoms. The lowest BCUT2D eigenvalue weighted by Gasteiger charge is -2.15. The van der Waals surface area contributed by atoms with E-state index in [9.17, 15) is 9.59 Å². The Morgan fingerprint density at radius 3 is 2.41 bits per heavy atom. The monoisotopic (exact) mass is 516 g/mol. The summed E-state index contributed by atoms with van der Waals surface area (Å²) in [6.07, 6.45) is 1.54. The first-order valence-corrected chi connectivity index (χ1v) is 11.5. The molecular weight excluding hydrogens is 499 g/mol. The number of anilines is 1. The van der Waals surface area contributed by atoms with Crippen LogP contribution in [0, 0.1) is 0 Å². The molecule has 1 saturated heterocycles. The first kappa shape index (κ1) is 24.0. The van der Waals surface area contributed by atoms with Gasteiger partial charge in [-0.2, -0.15) is 0 Å². The number of carbonyl (C=O) groups is 2. The molecule has 1 aliphatic rings. The van der Waals surface area contributed by atoms with E-state index in [0.29, 0.717) is 39.4 Å². The number of amides is 3. The van der Waals surface area contributed by atoms with Crippen LogP contribution in [0.1, 0.15) is 18.1 Å². The maximum atomic E-state index is 12.9. The van der Waals surface area contributed by atoms with E-state index in [4.69, 9.17) is 44.3 Å². The maximum absolute atomic E-state index is 12.9. The Kier molecular flexibility index (Phi) is 7.32. The minimum absolute atomic E-state index is 0.119. The second-order valence-electron chi connectivity index (χ2n) is 7.25. The van der Waals surface area contributed by atoms with Crippen molar-refractivity contribution in [1.82, 2.24) is 5.32 Å². The highest BCUT2D eigenvalue weighted by atomic mass is 35.5. The van der Waals surface area contributed by atoms with Crippen LogP contribution in [0.15, 0.2) is 66.4 Å². The number of carbonyl (C=O) groups excluding carboxylic acids is 2. The van der Waals surface area contributed by atoms with E-state index < -0.39 is 11.9 Å². The highest BCUT2D eigenvalue weighted by molar-refractivity contribution is 6.35. The van der Waals surface area contributed by atoms with Gasteiger partial charge >= 0.3 is 6.03 Å². The number of nitrogens with zero attached hydrogens (tertiary/aromatic N) is 1. The lowest BCUT2D eigenvalue weighted by atomic mass is 10.1. The molecule has 0 aliphatic carbocycles. The van der Waals surface area contributed by atoms with Crippen molar-refractivity contribution in [3.8, 4) is 11.5 Å². The van der Waals surface area contributed by atoms with Crippen LogP contribution in [0.2, 0.25) is 15.1 Å². The lowest BCUT2D eigenvalue weighted by molar-refractivity contribution is -0.113. The molecule has 0 spiro atoms. The molecule has 3 aromatic rings. The van der Waals surface area contributed by atoms with Gasteiger partial charge in [0.15, 0.2) is 11.5 Å². The average Bonchev–Trinajstić information content (AvgIpc) is 3.08. The molecule has 1 aliphatic heterocycles. The van der Waals surface area contributed by atoms with Crippen molar-refractivity contribution in [1.29, 1.82) is 0 Å². The third kappa shape index (κ3) is 5.14. The topological polar surface area (TPSA) is 67.9 Å². The average molecular weight is 518 g/mol. The summed E-state index contributed by atoms with van der Waals surface area (Å²) in [5, 5.41) is 3.88. The van der Waals surface area contributed by atoms with Gasteiger partial charge in [0.05, 0.1) is 17.3 Å². The van der Waals surface area contributed by atoms with Gasteiger partial charge in [0.1, 0.15) is 12.3 Å². The Morgan fingerprint density at radius 1 is 0.941 bits per heavy atom. The summed E-state index contributed by atoms with van der Waals surface area (Å²) in [4.78, 5) is 26.3. The smallest absolute Gasteiger partial charge is 0.333 e. The van der Waals surface area contributed by atoms with E-state index in [2.05, 4.69) is 5.32 Å². The summed E-state index contributed by atoms with van der Waals surface area (Å²) < 4.78 is 11.6. The third-order valence-electron chi connectivity index (χ3n) is 4.92. The molecule has 3 amide bonds. The fraction of sp³-hybridized carbons (Fsp3) is 0.120. The summed E-state index contributed by atoms with van der Waals surface area (Å²) in [5.74, 6) is 0.260. The molecular formula is C25H19Cl3N2O4. The summed E-state index contributed by atoms with van der Waals surface area (Å²) in [5.41, 5.74) is 1.89. The molecule has 0 atom stereocenters. The number of hydrogen-bond donors (Lipinski definition) is 1. The molecule has 0 saturated carbocycles. The number of urea groups is 1. The van der Waals surface area contributed by atoms with E-state index in [1.807, 2.05) is 6.92 Å². The van der Waals surface area contributed by atoms with Crippen LogP contribution in [-0.4, -0.2) is 18.5 Å². The number of rotatable bonds is 7. The number of imide groups is 1. The quantitative estimate of drug-likeness (QED) is 0.279. The van der Waals surface area contributed by atoms with Crippen molar-refractivity contribution in [2.24, 2.45) is 0 Å². The van der Waals surface area contributed by atoms with E-state index in [-0.39, 0.29) is 17.3 Å². The van der Waals surface area contributed by atoms with Crippen LogP contribution in [0.25, 0.3) is 6.08 Å². The first-order valence-electron chi connectivity index (χ1n) is 10.3. The van der Waals surface area contributed by atoms with Crippen molar-refractivity contribution in [3.05, 3.63) is 92.6 Å². The summed E-state index contributed by atoms with van der Waals surface area (Å²) >= 11 is 18.7. The molecule has 4 rings (SSSR count). The number of nitrogens with one attached hydrogen (secondary N) is 1. The summed E-state index contributed by atoms with van der Waals surface area (Å²) in [7, 11) is 0. The van der Waals surface area contributed by atoms with Crippen molar-refractivity contribution < 1.29 is 19.1 Å². The van der Waals surface area contributed by atoms with Crippen LogP contribution in [-0.2, 0) is 11.4 Å². The SMILES string of the molecule is CCOc1cc(/C=C2/NC(=O)N(c3ccccc3)C2=O)cc(Cl)c1OCc1ccc(Cl)cc1Cl. The number of para-hydroxylation sites is 1. The van der Waals surface area contributed by atoms with Crippen LogP contribution in [0.3, 0.4) is 0 Å². The molecule has 3 aromatic carbocycles. The molecule has 34 heavy (non-hydrogen) atoms. The standard InChI is InChI=1S/C25H19Cl3N2O4/c1-2-33-22-12-15(10-20(28)23(22)34-14-16-8-9-17(26)13-19(16)27)11-21-24(31)30(25(32)29-21)18-6-4-3-5-7-18/h3-13H,2,14H2,1H3,(H,29,32)/b21-11+. The van der Waals surface area contributed by atoms with Gasteiger partial charge in [-0.15, -0.1) is 0 Å². The normalized spacial score (nSPS) is 14.5. The zero-order valence-electron chi connectivity index (χ0n) is 18.0. The van der Waals surface area contributed by atoms with E-state index >= 15 is 0 Å². The van der Waals surface area contributed by atoms with Gasteiger partial charge < -0.3 is 14.8 Å². The molecule has 9 heteroatoms. The Labute approximate surface area is 211 Å². The van der Waals surface area contributed by atoms with Crippen molar-refractivity contribution in [2.45, 2.75) is 13.5 Å². The molecule has 1 fully saturated rings. The van der Waals surface area contributed by atoms with Gasteiger partial charge in [0.2, 0.25) is 0 Å². The largest absolute Gasteiger partial charge is 0.490 e. The second-order valence-corrected chi connectivity index (χ2v) is 8.50. The van der Waals surface area contributed by atoms with Crippen molar-refractivity contribution in [3.63, 3.8) is 0 Å². The lowest BCUT2D eigenvalue weighted by Crippen LogP contribution is -2.30. The third-order valence-corrected chi connectivity index (χ3v) is 5.79. The Bertz CT molecular complexity index is 1280. The van der Waals surface area contributed by atoms with E-state index in [1.165, 1.54) is 6.08 Å². The van der Waals surface area contributed by atoms with E-state index in [1.54, 1.807) is 60.7 Å². The fourth-order valence-electron chi connectivity index (χ4n) is 3.38. The Morgan fingerprint density at radius 2 is 1.71 bits per heavy atom. The molecule has 1 heterocycles. The van der Waals surface area contributed by atoms with Gasteiger partial charge in [-0.05, 0) is 55.0 Å². The van der Waals surface area contributed by atoms with Crippen LogP contribution >= 0.6 is 34.8 Å². The van der Waals surface area contributed by atoms with Crippen molar-refractivity contribution >= 4 is 58.5 Å². The number of benzene rings is 3. The molecule has 0 aromatic heterocycles. The van der Waals surface area contributed by atoms with Gasteiger partial charge in [0, 0.05) is 15.6 Å². The summed E-state index contributed by atoms with van der Waals surface area (Å²) in [6.45, 7) is 2.35. The van der Waals surface area contributed by atoms with Crippen LogP contribution in [0.5, 0.6) is 11.5 Å². The molecule has 6 nitrogen and oxygen atoms in total. The summed E-state index contributed by atoms with van der Waals surface area (Å²) in [6, 6.07) is 16.6. The molecule has 0 radical (unpaired) electrons. The number of hydrogen-bond acceptors (Lipinski definition) is 4. The Hall–Kier alpha value is -3.19. The highest BCUT2D eigenvalue weighted by Gasteiger charge is 2.34. The minimum atomic E-state index is -0.529. The molecule has 174 valence electrons. The first-order chi connectivity index (χ1) is 16.4. The van der Waals surface area contributed by atoms with Gasteiger partial charge in [-0.25, -0.2) is 9.69 Å². The van der Waals surface area contributed by atoms with E-state index in [0.717, 1.165) is 10.5 Å². The van der Waals surface area contributed by atoms with Gasteiger partial charge in [-0.1, -0.05) is 59.1 Å². The maximum Gasteiger partial charge on any atom is 0.333 e. The Balaban J connectivity index is 1.60. The highest BCUT2D eigenvalue weighted by Crippen LogP contribution is 2.38. The number of ether oxygens (including phenoxy) is 2. The molecule has 1 N–H and O–H groups in total. The second kappa shape index (κ2) is 10.4. The predicted molar refractivity (Wildman–Crippen MR) is 134 cm³/mol. The van der Waals surface area contributed by atoms with Gasteiger partial charge in [-0.3, -0.25) is 4.79 Å². The van der Waals surface area contributed by atoms with Crippen LogP contribution in [0.4, 0.5) is 10.5 Å². The minimum Gasteiger partial charge on any atom is -0.490 e. The fourth-order valence-corrected chi connectivity index (χ4v) is 4.11. The zero-order chi connectivity index (χ0) is 24.2.